The molecule has 3 rings (SSSR count). The van der Waals surface area contributed by atoms with E-state index in [1.54, 1.807) is 13.8 Å². The van der Waals surface area contributed by atoms with Gasteiger partial charge in [-0.1, -0.05) is 41.7 Å². The number of hydrogen-bond acceptors (Lipinski definition) is 8. The number of nitrogen functional groups attached to an aromatic ring is 1. The summed E-state index contributed by atoms with van der Waals surface area (Å²) in [5.74, 6) is -1.70. The number of ether oxygens (including phenoxy) is 2. The van der Waals surface area contributed by atoms with E-state index in [1.165, 1.54) is 18.2 Å². The molecule has 31 heavy (non-hydrogen) atoms. The highest BCUT2D eigenvalue weighted by atomic mass is 32.1. The molecule has 0 aliphatic rings. The standard InChI is InChI=1S/C22H21N3O5S/c1-3-29-20(27)14-10-15(21(28)30-4-2)12-16(11-14)24-19(26)18-17(25-22(23)31-18)13-8-6-5-7-9-13/h5-12H,3-4H2,1-2H3,(H2,23,25)(H,24,26). The zero-order valence-corrected chi connectivity index (χ0v) is 17.8. The van der Waals surface area contributed by atoms with Crippen molar-refractivity contribution in [3.63, 3.8) is 0 Å². The molecule has 0 saturated heterocycles. The number of nitrogens with zero attached hydrogens (tertiary/aromatic N) is 1. The van der Waals surface area contributed by atoms with E-state index in [9.17, 15) is 14.4 Å². The molecule has 0 radical (unpaired) electrons. The normalized spacial score (nSPS) is 10.4. The lowest BCUT2D eigenvalue weighted by Gasteiger charge is -2.10. The maximum absolute atomic E-state index is 13.0. The van der Waals surface area contributed by atoms with E-state index in [4.69, 9.17) is 15.2 Å². The molecule has 0 saturated carbocycles. The van der Waals surface area contributed by atoms with Crippen LogP contribution in [0.25, 0.3) is 11.3 Å². The highest BCUT2D eigenvalue weighted by Crippen LogP contribution is 2.30. The number of nitrogens with two attached hydrogens (primary N) is 1. The van der Waals surface area contributed by atoms with Gasteiger partial charge in [0.25, 0.3) is 5.91 Å². The number of rotatable bonds is 7. The minimum atomic E-state index is -0.615. The van der Waals surface area contributed by atoms with E-state index in [0.717, 1.165) is 16.9 Å². The molecule has 3 aromatic rings. The average Bonchev–Trinajstić information content (AvgIpc) is 3.16. The van der Waals surface area contributed by atoms with Gasteiger partial charge in [-0.15, -0.1) is 0 Å². The molecule has 0 bridgehead atoms. The van der Waals surface area contributed by atoms with E-state index in [1.807, 2.05) is 30.3 Å². The first kappa shape index (κ1) is 22.0. The Labute approximate surface area is 183 Å². The fourth-order valence-electron chi connectivity index (χ4n) is 2.83. The van der Waals surface area contributed by atoms with Crippen LogP contribution in [0.5, 0.6) is 0 Å². The van der Waals surface area contributed by atoms with Gasteiger partial charge in [-0.05, 0) is 32.0 Å². The zero-order chi connectivity index (χ0) is 22.4. The molecule has 0 unspecified atom stereocenters. The third kappa shape index (κ3) is 5.26. The molecule has 1 amide bonds. The van der Waals surface area contributed by atoms with Gasteiger partial charge < -0.3 is 20.5 Å². The van der Waals surface area contributed by atoms with Crippen molar-refractivity contribution < 1.29 is 23.9 Å². The number of benzene rings is 2. The second-order valence-electron chi connectivity index (χ2n) is 6.29. The Morgan fingerprint density at radius 2 is 1.55 bits per heavy atom. The predicted octanol–water partition coefficient (Wildman–Crippen LogP) is 4.00. The fraction of sp³-hybridized carbons (Fsp3) is 0.182. The van der Waals surface area contributed by atoms with Crippen molar-refractivity contribution in [2.75, 3.05) is 24.3 Å². The summed E-state index contributed by atoms with van der Waals surface area (Å²) in [5.41, 5.74) is 7.52. The van der Waals surface area contributed by atoms with Crippen molar-refractivity contribution in [3.05, 3.63) is 64.5 Å². The molecule has 2 aromatic carbocycles. The van der Waals surface area contributed by atoms with Gasteiger partial charge in [0.1, 0.15) is 4.88 Å². The van der Waals surface area contributed by atoms with Crippen LogP contribution in [0.3, 0.4) is 0 Å². The Kier molecular flexibility index (Phi) is 6.99. The first-order valence-electron chi connectivity index (χ1n) is 9.55. The van der Waals surface area contributed by atoms with Crippen LogP contribution >= 0.6 is 11.3 Å². The molecule has 3 N–H and O–H groups in total. The number of carbonyl (C=O) groups excluding carboxylic acids is 3. The van der Waals surface area contributed by atoms with Crippen LogP contribution in [0.2, 0.25) is 0 Å². The van der Waals surface area contributed by atoms with Crippen LogP contribution in [0, 0.1) is 0 Å². The van der Waals surface area contributed by atoms with Crippen LogP contribution in [0.4, 0.5) is 10.8 Å². The van der Waals surface area contributed by atoms with E-state index in [-0.39, 0.29) is 35.2 Å². The Morgan fingerprint density at radius 3 is 2.10 bits per heavy atom. The van der Waals surface area contributed by atoms with E-state index in [0.29, 0.717) is 10.6 Å². The lowest BCUT2D eigenvalue weighted by Crippen LogP contribution is -2.15. The lowest BCUT2D eigenvalue weighted by molar-refractivity contribution is 0.0525. The van der Waals surface area contributed by atoms with Crippen molar-refractivity contribution in [2.24, 2.45) is 0 Å². The quantitative estimate of drug-likeness (QED) is 0.534. The lowest BCUT2D eigenvalue weighted by atomic mass is 10.1. The SMILES string of the molecule is CCOC(=O)c1cc(NC(=O)c2sc(N)nc2-c2ccccc2)cc(C(=O)OCC)c1. The molecule has 0 aliphatic carbocycles. The van der Waals surface area contributed by atoms with Crippen molar-refractivity contribution in [3.8, 4) is 11.3 Å². The van der Waals surface area contributed by atoms with Crippen LogP contribution < -0.4 is 11.1 Å². The van der Waals surface area contributed by atoms with Gasteiger partial charge in [-0.2, -0.15) is 0 Å². The number of thiazole rings is 1. The monoisotopic (exact) mass is 439 g/mol. The van der Waals surface area contributed by atoms with E-state index >= 15 is 0 Å². The topological polar surface area (TPSA) is 121 Å². The van der Waals surface area contributed by atoms with Gasteiger partial charge in [-0.3, -0.25) is 4.79 Å². The molecule has 9 heteroatoms. The zero-order valence-electron chi connectivity index (χ0n) is 17.0. The summed E-state index contributed by atoms with van der Waals surface area (Å²) in [6, 6.07) is 13.4. The van der Waals surface area contributed by atoms with Crippen LogP contribution in [0.1, 0.15) is 44.2 Å². The molecular weight excluding hydrogens is 418 g/mol. The summed E-state index contributed by atoms with van der Waals surface area (Å²) < 4.78 is 10.0. The maximum Gasteiger partial charge on any atom is 0.338 e. The largest absolute Gasteiger partial charge is 0.462 e. The minimum Gasteiger partial charge on any atom is -0.462 e. The molecule has 0 atom stereocenters. The van der Waals surface area contributed by atoms with Crippen molar-refractivity contribution >= 4 is 40.0 Å². The Bertz CT molecular complexity index is 1080. The van der Waals surface area contributed by atoms with Crippen LogP contribution in [-0.2, 0) is 9.47 Å². The summed E-state index contributed by atoms with van der Waals surface area (Å²) in [6.07, 6.45) is 0. The van der Waals surface area contributed by atoms with E-state index in [2.05, 4.69) is 10.3 Å². The van der Waals surface area contributed by atoms with Gasteiger partial charge in [0.2, 0.25) is 0 Å². The van der Waals surface area contributed by atoms with Crippen molar-refractivity contribution in [1.29, 1.82) is 0 Å². The fourth-order valence-corrected chi connectivity index (χ4v) is 3.58. The first-order chi connectivity index (χ1) is 14.9. The number of hydrogen-bond donors (Lipinski definition) is 2. The molecule has 8 nitrogen and oxygen atoms in total. The summed E-state index contributed by atoms with van der Waals surface area (Å²) in [5, 5.41) is 2.96. The molecule has 0 spiro atoms. The van der Waals surface area contributed by atoms with Crippen LogP contribution in [0.15, 0.2) is 48.5 Å². The number of carbonyl (C=O) groups is 3. The predicted molar refractivity (Wildman–Crippen MR) is 118 cm³/mol. The van der Waals surface area contributed by atoms with Gasteiger partial charge in [0.05, 0.1) is 30.0 Å². The summed E-state index contributed by atoms with van der Waals surface area (Å²) >= 11 is 1.05. The molecule has 0 fully saturated rings. The van der Waals surface area contributed by atoms with Gasteiger partial charge in [-0.25, -0.2) is 14.6 Å². The first-order valence-corrected chi connectivity index (χ1v) is 10.4. The van der Waals surface area contributed by atoms with Crippen molar-refractivity contribution in [1.82, 2.24) is 4.98 Å². The third-order valence-corrected chi connectivity index (χ3v) is 4.99. The number of esters is 2. The van der Waals surface area contributed by atoms with Crippen molar-refractivity contribution in [2.45, 2.75) is 13.8 Å². The summed E-state index contributed by atoms with van der Waals surface area (Å²) in [7, 11) is 0. The number of nitrogens with one attached hydrogen (secondary N) is 1. The van der Waals surface area contributed by atoms with E-state index < -0.39 is 17.8 Å². The van der Waals surface area contributed by atoms with Gasteiger partial charge in [0.15, 0.2) is 5.13 Å². The molecular formula is C22H21N3O5S. The third-order valence-electron chi connectivity index (χ3n) is 4.11. The highest BCUT2D eigenvalue weighted by Gasteiger charge is 2.21. The Hall–Kier alpha value is -3.72. The second kappa shape index (κ2) is 9.86. The average molecular weight is 439 g/mol. The highest BCUT2D eigenvalue weighted by molar-refractivity contribution is 7.17. The Balaban J connectivity index is 1.96. The molecule has 1 aromatic heterocycles. The van der Waals surface area contributed by atoms with Crippen LogP contribution in [-0.4, -0.2) is 36.0 Å². The molecule has 0 aliphatic heterocycles. The molecule has 1 heterocycles. The van der Waals surface area contributed by atoms with Gasteiger partial charge >= 0.3 is 11.9 Å². The Morgan fingerprint density at radius 1 is 0.968 bits per heavy atom. The smallest absolute Gasteiger partial charge is 0.338 e. The van der Waals surface area contributed by atoms with Gasteiger partial charge in [0, 0.05) is 11.3 Å². The maximum atomic E-state index is 13.0. The minimum absolute atomic E-state index is 0.120. The second-order valence-corrected chi connectivity index (χ2v) is 7.32. The summed E-state index contributed by atoms with van der Waals surface area (Å²) in [4.78, 5) is 42.0. The summed E-state index contributed by atoms with van der Waals surface area (Å²) in [6.45, 7) is 3.69. The number of amides is 1. The number of anilines is 2. The molecule has 160 valence electrons. The number of aromatic nitrogens is 1.